The van der Waals surface area contributed by atoms with Crippen LogP contribution in [0.15, 0.2) is 6.07 Å². The van der Waals surface area contributed by atoms with Gasteiger partial charge in [0.25, 0.3) is 0 Å². The van der Waals surface area contributed by atoms with Crippen molar-refractivity contribution >= 4 is 5.97 Å². The number of carboxylic acid groups (broad SMARTS) is 1. The van der Waals surface area contributed by atoms with E-state index in [1.165, 1.54) is 0 Å². The molecule has 0 atom stereocenters. The van der Waals surface area contributed by atoms with Gasteiger partial charge in [0.15, 0.2) is 0 Å². The summed E-state index contributed by atoms with van der Waals surface area (Å²) in [5.74, 6) is 0.429. The lowest BCUT2D eigenvalue weighted by atomic mass is 10.0. The predicted octanol–water partition coefficient (Wildman–Crippen LogP) is 1.95. The Morgan fingerprint density at radius 2 is 1.88 bits per heavy atom. The van der Waals surface area contributed by atoms with Crippen molar-refractivity contribution in [2.24, 2.45) is 0 Å². The van der Waals surface area contributed by atoms with Gasteiger partial charge in [-0.15, -0.1) is 0 Å². The van der Waals surface area contributed by atoms with Gasteiger partial charge in [-0.05, 0) is 31.0 Å². The number of carbonyl (C=O) groups is 1. The number of rotatable bonds is 4. The Hall–Kier alpha value is -1.71. The molecule has 0 heterocycles. The van der Waals surface area contributed by atoms with E-state index in [9.17, 15) is 4.79 Å². The second-order valence-electron chi connectivity index (χ2n) is 3.59. The van der Waals surface area contributed by atoms with E-state index in [-0.39, 0.29) is 6.42 Å². The minimum atomic E-state index is -0.886. The maximum atomic E-state index is 10.7. The zero-order valence-corrected chi connectivity index (χ0v) is 9.96. The van der Waals surface area contributed by atoms with Gasteiger partial charge in [-0.25, -0.2) is 0 Å². The van der Waals surface area contributed by atoms with Gasteiger partial charge in [0, 0.05) is 5.56 Å². The normalized spacial score (nSPS) is 10.0. The molecule has 88 valence electrons. The molecule has 0 aliphatic carbocycles. The summed E-state index contributed by atoms with van der Waals surface area (Å²) in [6.07, 6.45) is -0.0688. The zero-order chi connectivity index (χ0) is 12.3. The first-order valence-corrected chi connectivity index (χ1v) is 4.94. The fourth-order valence-electron chi connectivity index (χ4n) is 1.72. The van der Waals surface area contributed by atoms with Crippen LogP contribution in [0.2, 0.25) is 0 Å². The Morgan fingerprint density at radius 3 is 2.31 bits per heavy atom. The second-order valence-corrected chi connectivity index (χ2v) is 3.59. The largest absolute Gasteiger partial charge is 0.496 e. The van der Waals surface area contributed by atoms with E-state index < -0.39 is 5.97 Å². The van der Waals surface area contributed by atoms with Crippen LogP contribution in [0.1, 0.15) is 16.7 Å². The maximum Gasteiger partial charge on any atom is 0.307 e. The van der Waals surface area contributed by atoms with Crippen LogP contribution in [0.25, 0.3) is 0 Å². The number of hydrogen-bond donors (Lipinski definition) is 1. The van der Waals surface area contributed by atoms with Gasteiger partial charge in [-0.2, -0.15) is 0 Å². The lowest BCUT2D eigenvalue weighted by Gasteiger charge is -2.15. The van der Waals surface area contributed by atoms with Gasteiger partial charge in [0.2, 0.25) is 0 Å². The number of benzene rings is 1. The standard InChI is InChI=1S/C12H16O4/c1-7-8(2)12(16-4)9(6-11(13)14)5-10(7)15-3/h5H,6H2,1-4H3,(H,13,14). The molecule has 0 aromatic heterocycles. The van der Waals surface area contributed by atoms with Crippen LogP contribution in [0.4, 0.5) is 0 Å². The molecule has 0 saturated heterocycles. The van der Waals surface area contributed by atoms with Gasteiger partial charge >= 0.3 is 5.97 Å². The summed E-state index contributed by atoms with van der Waals surface area (Å²) in [4.78, 5) is 10.7. The highest BCUT2D eigenvalue weighted by atomic mass is 16.5. The number of aliphatic carboxylic acids is 1. The highest BCUT2D eigenvalue weighted by Crippen LogP contribution is 2.33. The van der Waals surface area contributed by atoms with Crippen molar-refractivity contribution in [3.8, 4) is 11.5 Å². The van der Waals surface area contributed by atoms with Crippen LogP contribution in [-0.4, -0.2) is 25.3 Å². The van der Waals surface area contributed by atoms with E-state index in [0.717, 1.165) is 11.1 Å². The van der Waals surface area contributed by atoms with Crippen molar-refractivity contribution < 1.29 is 19.4 Å². The molecular weight excluding hydrogens is 208 g/mol. The highest BCUT2D eigenvalue weighted by Gasteiger charge is 2.15. The molecular formula is C12H16O4. The Labute approximate surface area is 94.8 Å². The minimum absolute atomic E-state index is 0.0688. The maximum absolute atomic E-state index is 10.7. The van der Waals surface area contributed by atoms with Crippen LogP contribution in [0.3, 0.4) is 0 Å². The molecule has 16 heavy (non-hydrogen) atoms. The average Bonchev–Trinajstić information content (AvgIpc) is 2.23. The van der Waals surface area contributed by atoms with E-state index in [1.54, 1.807) is 20.3 Å². The van der Waals surface area contributed by atoms with Crippen LogP contribution in [0, 0.1) is 13.8 Å². The minimum Gasteiger partial charge on any atom is -0.496 e. The van der Waals surface area contributed by atoms with Crippen molar-refractivity contribution in [2.75, 3.05) is 14.2 Å². The fourth-order valence-corrected chi connectivity index (χ4v) is 1.72. The van der Waals surface area contributed by atoms with E-state index in [4.69, 9.17) is 14.6 Å². The predicted molar refractivity (Wildman–Crippen MR) is 60.4 cm³/mol. The van der Waals surface area contributed by atoms with Crippen molar-refractivity contribution in [1.82, 2.24) is 0 Å². The van der Waals surface area contributed by atoms with Gasteiger partial charge in [0.1, 0.15) is 11.5 Å². The molecule has 4 nitrogen and oxygen atoms in total. The SMILES string of the molecule is COc1cc(CC(=O)O)c(OC)c(C)c1C. The van der Waals surface area contributed by atoms with E-state index in [0.29, 0.717) is 17.1 Å². The number of methoxy groups -OCH3 is 2. The lowest BCUT2D eigenvalue weighted by Crippen LogP contribution is -2.05. The third-order valence-corrected chi connectivity index (χ3v) is 2.64. The Kier molecular flexibility index (Phi) is 3.77. The third-order valence-electron chi connectivity index (χ3n) is 2.64. The van der Waals surface area contributed by atoms with E-state index >= 15 is 0 Å². The summed E-state index contributed by atoms with van der Waals surface area (Å²) in [7, 11) is 3.11. The first-order chi connectivity index (χ1) is 7.51. The quantitative estimate of drug-likeness (QED) is 0.849. The molecule has 0 fully saturated rings. The van der Waals surface area contributed by atoms with Crippen molar-refractivity contribution in [2.45, 2.75) is 20.3 Å². The molecule has 0 bridgehead atoms. The van der Waals surface area contributed by atoms with E-state index in [2.05, 4.69) is 0 Å². The monoisotopic (exact) mass is 224 g/mol. The zero-order valence-electron chi connectivity index (χ0n) is 9.96. The molecule has 1 aromatic rings. The molecule has 4 heteroatoms. The van der Waals surface area contributed by atoms with Gasteiger partial charge in [0.05, 0.1) is 20.6 Å². The van der Waals surface area contributed by atoms with Crippen LogP contribution in [0.5, 0.6) is 11.5 Å². The number of carboxylic acids is 1. The Morgan fingerprint density at radius 1 is 1.25 bits per heavy atom. The summed E-state index contributed by atoms with van der Waals surface area (Å²) in [6, 6.07) is 1.72. The van der Waals surface area contributed by atoms with Gasteiger partial charge < -0.3 is 14.6 Å². The average molecular weight is 224 g/mol. The van der Waals surface area contributed by atoms with Crippen molar-refractivity contribution in [1.29, 1.82) is 0 Å². The molecule has 0 spiro atoms. The smallest absolute Gasteiger partial charge is 0.307 e. The topological polar surface area (TPSA) is 55.8 Å². The second kappa shape index (κ2) is 4.88. The molecule has 1 aromatic carbocycles. The Balaban J connectivity index is 3.34. The van der Waals surface area contributed by atoms with Crippen molar-refractivity contribution in [3.63, 3.8) is 0 Å². The molecule has 0 saturated carbocycles. The molecule has 0 aliphatic rings. The summed E-state index contributed by atoms with van der Waals surface area (Å²) in [6.45, 7) is 3.81. The third kappa shape index (κ3) is 2.27. The van der Waals surface area contributed by atoms with Crippen LogP contribution < -0.4 is 9.47 Å². The van der Waals surface area contributed by atoms with E-state index in [1.807, 2.05) is 13.8 Å². The van der Waals surface area contributed by atoms with Crippen molar-refractivity contribution in [3.05, 3.63) is 22.8 Å². The number of ether oxygens (including phenoxy) is 2. The fraction of sp³-hybridized carbons (Fsp3) is 0.417. The van der Waals surface area contributed by atoms with Gasteiger partial charge in [-0.1, -0.05) is 0 Å². The molecule has 1 rings (SSSR count). The molecule has 1 N–H and O–H groups in total. The van der Waals surface area contributed by atoms with Crippen LogP contribution >= 0.6 is 0 Å². The highest BCUT2D eigenvalue weighted by molar-refractivity contribution is 5.72. The first-order valence-electron chi connectivity index (χ1n) is 4.94. The summed E-state index contributed by atoms with van der Waals surface area (Å²) in [5, 5.41) is 8.81. The summed E-state index contributed by atoms with van der Waals surface area (Å²) >= 11 is 0. The van der Waals surface area contributed by atoms with Gasteiger partial charge in [-0.3, -0.25) is 4.79 Å². The molecule has 0 radical (unpaired) electrons. The summed E-state index contributed by atoms with van der Waals surface area (Å²) in [5.41, 5.74) is 2.52. The molecule has 0 amide bonds. The molecule has 0 aliphatic heterocycles. The summed E-state index contributed by atoms with van der Waals surface area (Å²) < 4.78 is 10.4. The van der Waals surface area contributed by atoms with Crippen LogP contribution in [-0.2, 0) is 11.2 Å². The number of hydrogen-bond acceptors (Lipinski definition) is 3. The first kappa shape index (κ1) is 12.4. The molecule has 0 unspecified atom stereocenters. The Bertz CT molecular complexity index is 410. The lowest BCUT2D eigenvalue weighted by molar-refractivity contribution is -0.136.